The molecule has 0 unspecified atom stereocenters. The number of benzene rings is 1. The molecule has 0 aromatic heterocycles. The Morgan fingerprint density at radius 2 is 1.78 bits per heavy atom. The summed E-state index contributed by atoms with van der Waals surface area (Å²) in [5.74, 6) is -1.65. The lowest BCUT2D eigenvalue weighted by Gasteiger charge is -2.11. The molecular weight excluding hydrogens is 246 g/mol. The van der Waals surface area contributed by atoms with Gasteiger partial charge in [-0.15, -0.1) is 0 Å². The summed E-state index contributed by atoms with van der Waals surface area (Å²) < 4.78 is 0. The monoisotopic (exact) mass is 255 g/mol. The highest BCUT2D eigenvalue weighted by molar-refractivity contribution is 5.98. The number of nitrogens with zero attached hydrogens (tertiary/aromatic N) is 3. The molecule has 0 aliphatic rings. The van der Waals surface area contributed by atoms with Gasteiger partial charge in [0.15, 0.2) is 0 Å². The lowest BCUT2D eigenvalue weighted by molar-refractivity contribution is -0.394. The van der Waals surface area contributed by atoms with Crippen molar-refractivity contribution in [1.29, 1.82) is 0 Å². The van der Waals surface area contributed by atoms with Crippen LogP contribution in [0.4, 0.5) is 11.4 Å². The molecule has 0 heterocycles. The van der Waals surface area contributed by atoms with Gasteiger partial charge in [-0.3, -0.25) is 25.0 Å². The second kappa shape index (κ2) is 4.65. The summed E-state index contributed by atoms with van der Waals surface area (Å²) in [5.41, 5.74) is -2.00. The fraction of sp³-hybridized carbons (Fsp3) is 0.222. The fourth-order valence-electron chi connectivity index (χ4n) is 1.25. The summed E-state index contributed by atoms with van der Waals surface area (Å²) in [5, 5.41) is 30.8. The first-order valence-corrected chi connectivity index (χ1v) is 4.63. The Bertz CT molecular complexity index is 539. The molecular formula is C9H9N3O6. The zero-order chi connectivity index (χ0) is 14.0. The van der Waals surface area contributed by atoms with Crippen LogP contribution in [0.3, 0.4) is 0 Å². The molecule has 0 saturated carbocycles. The van der Waals surface area contributed by atoms with Gasteiger partial charge in [-0.2, -0.15) is 0 Å². The zero-order valence-corrected chi connectivity index (χ0v) is 9.48. The molecule has 0 atom stereocenters. The summed E-state index contributed by atoms with van der Waals surface area (Å²) in [7, 11) is 2.71. The molecule has 1 aromatic rings. The van der Waals surface area contributed by atoms with E-state index in [1.54, 1.807) is 0 Å². The highest BCUT2D eigenvalue weighted by Gasteiger charge is 2.27. The van der Waals surface area contributed by atoms with Gasteiger partial charge in [0.1, 0.15) is 0 Å². The molecule has 0 fully saturated rings. The molecule has 0 radical (unpaired) electrons. The Hall–Kier alpha value is -2.71. The topological polar surface area (TPSA) is 127 Å². The van der Waals surface area contributed by atoms with E-state index in [4.69, 9.17) is 0 Å². The summed E-state index contributed by atoms with van der Waals surface area (Å²) in [6, 6.07) is 1.40. The van der Waals surface area contributed by atoms with Crippen LogP contribution in [0.5, 0.6) is 5.75 Å². The molecule has 0 bridgehead atoms. The molecule has 1 amide bonds. The Balaban J connectivity index is 3.55. The van der Waals surface area contributed by atoms with Crippen LogP contribution in [0, 0.1) is 20.2 Å². The van der Waals surface area contributed by atoms with E-state index in [-0.39, 0.29) is 0 Å². The first kappa shape index (κ1) is 13.4. The number of carbonyl (C=O) groups excluding carboxylic acids is 1. The van der Waals surface area contributed by atoms with Gasteiger partial charge in [-0.25, -0.2) is 0 Å². The van der Waals surface area contributed by atoms with Crippen LogP contribution < -0.4 is 0 Å². The first-order valence-electron chi connectivity index (χ1n) is 4.63. The standard InChI is InChI=1S/C9H9N3O6/c1-10(2)9(14)6-3-5(11(15)16)4-7(8(6)13)12(17)18/h3-4,13H,1-2H3. The predicted octanol–water partition coefficient (Wildman–Crippen LogP) is 0.910. The Labute approximate surface area is 101 Å². The molecule has 1 N–H and O–H groups in total. The van der Waals surface area contributed by atoms with Crippen LogP contribution in [0.1, 0.15) is 10.4 Å². The van der Waals surface area contributed by atoms with E-state index in [1.807, 2.05) is 0 Å². The molecule has 0 aliphatic carbocycles. The normalized spacial score (nSPS) is 9.89. The summed E-state index contributed by atoms with van der Waals surface area (Å²) in [6.07, 6.45) is 0. The number of amides is 1. The summed E-state index contributed by atoms with van der Waals surface area (Å²) in [6.45, 7) is 0. The van der Waals surface area contributed by atoms with E-state index in [0.29, 0.717) is 6.07 Å². The van der Waals surface area contributed by atoms with Crippen LogP contribution in [0.2, 0.25) is 0 Å². The van der Waals surface area contributed by atoms with E-state index >= 15 is 0 Å². The van der Waals surface area contributed by atoms with Gasteiger partial charge in [0.05, 0.1) is 21.5 Å². The van der Waals surface area contributed by atoms with Gasteiger partial charge in [-0.05, 0) is 0 Å². The number of hydrogen-bond donors (Lipinski definition) is 1. The number of aromatic hydroxyl groups is 1. The van der Waals surface area contributed by atoms with Crippen molar-refractivity contribution in [1.82, 2.24) is 4.90 Å². The van der Waals surface area contributed by atoms with E-state index in [2.05, 4.69) is 0 Å². The van der Waals surface area contributed by atoms with Crippen LogP contribution in [-0.2, 0) is 0 Å². The van der Waals surface area contributed by atoms with Crippen molar-refractivity contribution in [2.24, 2.45) is 0 Å². The third-order valence-corrected chi connectivity index (χ3v) is 2.12. The lowest BCUT2D eigenvalue weighted by Crippen LogP contribution is -2.22. The van der Waals surface area contributed by atoms with Crippen molar-refractivity contribution in [3.05, 3.63) is 37.9 Å². The Morgan fingerprint density at radius 3 is 2.17 bits per heavy atom. The third-order valence-electron chi connectivity index (χ3n) is 2.12. The number of carbonyl (C=O) groups is 1. The first-order chi connectivity index (χ1) is 8.25. The van der Waals surface area contributed by atoms with Crippen molar-refractivity contribution in [3.63, 3.8) is 0 Å². The molecule has 1 rings (SSSR count). The van der Waals surface area contributed by atoms with Gasteiger partial charge in [-0.1, -0.05) is 0 Å². The lowest BCUT2D eigenvalue weighted by atomic mass is 10.1. The molecule has 0 saturated heterocycles. The van der Waals surface area contributed by atoms with E-state index in [1.165, 1.54) is 14.1 Å². The smallest absolute Gasteiger partial charge is 0.318 e. The maximum atomic E-state index is 11.6. The number of non-ortho nitro benzene ring substituents is 1. The molecule has 18 heavy (non-hydrogen) atoms. The van der Waals surface area contributed by atoms with Crippen LogP contribution in [0.25, 0.3) is 0 Å². The molecule has 0 aliphatic heterocycles. The van der Waals surface area contributed by atoms with Crippen molar-refractivity contribution in [3.8, 4) is 5.75 Å². The molecule has 0 spiro atoms. The van der Waals surface area contributed by atoms with Crippen molar-refractivity contribution >= 4 is 17.3 Å². The zero-order valence-electron chi connectivity index (χ0n) is 9.48. The number of nitro groups is 2. The molecule has 96 valence electrons. The van der Waals surface area contributed by atoms with Gasteiger partial charge in [0.25, 0.3) is 11.6 Å². The number of phenols is 1. The molecule has 9 heteroatoms. The molecule has 1 aromatic carbocycles. The number of phenolic OH excluding ortho intramolecular Hbond substituents is 1. The molecule has 9 nitrogen and oxygen atoms in total. The van der Waals surface area contributed by atoms with Crippen molar-refractivity contribution < 1.29 is 19.7 Å². The average Bonchev–Trinajstić information content (AvgIpc) is 2.27. The SMILES string of the molecule is CN(C)C(=O)c1cc([N+](=O)[O-])cc([N+](=O)[O-])c1O. The minimum absolute atomic E-state index is 0.485. The largest absolute Gasteiger partial charge is 0.502 e. The van der Waals surface area contributed by atoms with Crippen LogP contribution >= 0.6 is 0 Å². The number of hydrogen-bond acceptors (Lipinski definition) is 6. The Morgan fingerprint density at radius 1 is 1.22 bits per heavy atom. The van der Waals surface area contributed by atoms with Crippen molar-refractivity contribution in [2.75, 3.05) is 14.1 Å². The van der Waals surface area contributed by atoms with Gasteiger partial charge in [0, 0.05) is 20.2 Å². The van der Waals surface area contributed by atoms with E-state index in [9.17, 15) is 30.1 Å². The van der Waals surface area contributed by atoms with Gasteiger partial charge < -0.3 is 10.0 Å². The Kier molecular flexibility index (Phi) is 3.45. The highest BCUT2D eigenvalue weighted by atomic mass is 16.6. The average molecular weight is 255 g/mol. The summed E-state index contributed by atoms with van der Waals surface area (Å²) in [4.78, 5) is 32.1. The predicted molar refractivity (Wildman–Crippen MR) is 59.4 cm³/mol. The quantitative estimate of drug-likeness (QED) is 0.631. The van der Waals surface area contributed by atoms with Crippen molar-refractivity contribution in [2.45, 2.75) is 0 Å². The van der Waals surface area contributed by atoms with Gasteiger partial charge in [0.2, 0.25) is 5.75 Å². The number of nitro benzene ring substituents is 2. The summed E-state index contributed by atoms with van der Waals surface area (Å²) >= 11 is 0. The van der Waals surface area contributed by atoms with Crippen LogP contribution in [-0.4, -0.2) is 39.9 Å². The van der Waals surface area contributed by atoms with E-state index in [0.717, 1.165) is 11.0 Å². The highest BCUT2D eigenvalue weighted by Crippen LogP contribution is 2.34. The van der Waals surface area contributed by atoms with Crippen LogP contribution in [0.15, 0.2) is 12.1 Å². The second-order valence-corrected chi connectivity index (χ2v) is 3.57. The number of rotatable bonds is 3. The fourth-order valence-corrected chi connectivity index (χ4v) is 1.25. The minimum atomic E-state index is -0.991. The maximum Gasteiger partial charge on any atom is 0.318 e. The third kappa shape index (κ3) is 2.34. The second-order valence-electron chi connectivity index (χ2n) is 3.57. The maximum absolute atomic E-state index is 11.6. The minimum Gasteiger partial charge on any atom is -0.502 e. The van der Waals surface area contributed by atoms with Gasteiger partial charge >= 0.3 is 5.69 Å². The van der Waals surface area contributed by atoms with E-state index < -0.39 is 38.4 Å².